The summed E-state index contributed by atoms with van der Waals surface area (Å²) in [6.45, 7) is 0.0641. The Bertz CT molecular complexity index is 884. The topological polar surface area (TPSA) is 70.6 Å². The molecule has 0 aromatic heterocycles. The minimum Gasteiger partial charge on any atom is -0.341 e. The fourth-order valence-electron chi connectivity index (χ4n) is 3.67. The van der Waals surface area contributed by atoms with Crippen molar-refractivity contribution in [3.8, 4) is 0 Å². The van der Waals surface area contributed by atoms with E-state index >= 15 is 0 Å². The molecule has 2 heterocycles. The molecule has 11 heteroatoms. The van der Waals surface area contributed by atoms with E-state index in [1.807, 2.05) is 0 Å². The standard InChI is InChI=1S/C16H17F4N3O2S.ClH/c17-9-5-11(10-3-4-21-7-12(10)16(18,19)20)14-13(6-9)26(24,25)23-15(22-14)8-1-2-8;/h5-6,8,10,12,21H,1-4,7H2,(H,22,23);1H. The van der Waals surface area contributed by atoms with Crippen LogP contribution in [0, 0.1) is 17.7 Å². The summed E-state index contributed by atoms with van der Waals surface area (Å²) in [7, 11) is -4.14. The molecule has 4 rings (SSSR count). The average Bonchev–Trinajstić information content (AvgIpc) is 3.38. The fourth-order valence-corrected chi connectivity index (χ4v) is 4.91. The summed E-state index contributed by atoms with van der Waals surface area (Å²) < 4.78 is 83.1. The smallest absolute Gasteiger partial charge is 0.341 e. The minimum absolute atomic E-state index is 0. The normalized spacial score (nSPS) is 27.0. The van der Waals surface area contributed by atoms with Crippen LogP contribution in [0.1, 0.15) is 30.7 Å². The van der Waals surface area contributed by atoms with Crippen molar-refractivity contribution in [1.82, 2.24) is 5.32 Å². The number of nitrogens with one attached hydrogen (secondary N) is 2. The molecule has 0 bridgehead atoms. The molecule has 5 nitrogen and oxygen atoms in total. The zero-order valence-electron chi connectivity index (χ0n) is 14.0. The third-order valence-corrected chi connectivity index (χ3v) is 6.43. The number of fused-ring (bicyclic) bond motifs is 1. The summed E-state index contributed by atoms with van der Waals surface area (Å²) in [5.74, 6) is -3.42. The number of halogens is 5. The summed E-state index contributed by atoms with van der Waals surface area (Å²) in [5.41, 5.74) is 0.102. The monoisotopic (exact) mass is 427 g/mol. The highest BCUT2D eigenvalue weighted by Crippen LogP contribution is 2.46. The molecule has 1 aliphatic carbocycles. The second-order valence-electron chi connectivity index (χ2n) is 6.97. The maximum absolute atomic E-state index is 14.1. The summed E-state index contributed by atoms with van der Waals surface area (Å²) >= 11 is 0. The van der Waals surface area contributed by atoms with Gasteiger partial charge in [-0.3, -0.25) is 0 Å². The van der Waals surface area contributed by atoms with Gasteiger partial charge in [-0.25, -0.2) is 4.39 Å². The first kappa shape index (κ1) is 20.3. The highest BCUT2D eigenvalue weighted by atomic mass is 35.5. The molecule has 2 N–H and O–H groups in total. The number of sulfonamides is 1. The van der Waals surface area contributed by atoms with Crippen molar-refractivity contribution in [2.75, 3.05) is 18.4 Å². The van der Waals surface area contributed by atoms with Gasteiger partial charge in [0.1, 0.15) is 16.5 Å². The molecule has 3 aliphatic rings. The van der Waals surface area contributed by atoms with Crippen LogP contribution in [-0.4, -0.2) is 33.5 Å². The van der Waals surface area contributed by atoms with E-state index in [1.165, 1.54) is 0 Å². The molecule has 2 atom stereocenters. The van der Waals surface area contributed by atoms with Crippen molar-refractivity contribution in [2.24, 2.45) is 16.2 Å². The van der Waals surface area contributed by atoms with Crippen LogP contribution in [0.2, 0.25) is 0 Å². The molecule has 27 heavy (non-hydrogen) atoms. The molecule has 2 unspecified atom stereocenters. The van der Waals surface area contributed by atoms with Gasteiger partial charge in [0.15, 0.2) is 0 Å². The van der Waals surface area contributed by atoms with Crippen LogP contribution in [0.25, 0.3) is 0 Å². The predicted molar refractivity (Wildman–Crippen MR) is 94.4 cm³/mol. The van der Waals surface area contributed by atoms with Crippen LogP contribution >= 0.6 is 12.4 Å². The Labute approximate surface area is 160 Å². The molecular weight excluding hydrogens is 410 g/mol. The largest absolute Gasteiger partial charge is 0.393 e. The SMILES string of the molecule is Cl.O=S1(=O)N=C(C2CC2)Nc2c(C3CCNCC3C(F)(F)F)cc(F)cc21. The molecule has 1 saturated carbocycles. The molecule has 2 fully saturated rings. The van der Waals surface area contributed by atoms with E-state index in [2.05, 4.69) is 15.0 Å². The van der Waals surface area contributed by atoms with E-state index in [0.717, 1.165) is 25.0 Å². The van der Waals surface area contributed by atoms with Crippen molar-refractivity contribution in [2.45, 2.75) is 36.3 Å². The summed E-state index contributed by atoms with van der Waals surface area (Å²) in [4.78, 5) is -0.392. The molecule has 0 amide bonds. The number of hydrogen-bond donors (Lipinski definition) is 2. The van der Waals surface area contributed by atoms with Crippen molar-refractivity contribution >= 4 is 34.0 Å². The predicted octanol–water partition coefficient (Wildman–Crippen LogP) is 3.43. The van der Waals surface area contributed by atoms with Crippen LogP contribution in [0.3, 0.4) is 0 Å². The van der Waals surface area contributed by atoms with E-state index in [1.54, 1.807) is 0 Å². The van der Waals surface area contributed by atoms with Gasteiger partial charge in [0.25, 0.3) is 10.0 Å². The minimum atomic E-state index is -4.47. The number of nitrogens with zero attached hydrogens (tertiary/aromatic N) is 1. The molecule has 2 aliphatic heterocycles. The zero-order chi connectivity index (χ0) is 18.7. The molecular formula is C16H18ClF4N3O2S. The Morgan fingerprint density at radius 3 is 2.48 bits per heavy atom. The number of anilines is 1. The van der Waals surface area contributed by atoms with E-state index in [0.29, 0.717) is 6.54 Å². The van der Waals surface area contributed by atoms with Crippen LogP contribution in [0.4, 0.5) is 23.2 Å². The highest BCUT2D eigenvalue weighted by molar-refractivity contribution is 7.90. The summed E-state index contributed by atoms with van der Waals surface area (Å²) in [5, 5.41) is 5.61. The van der Waals surface area contributed by atoms with E-state index < -0.39 is 38.7 Å². The van der Waals surface area contributed by atoms with Gasteiger partial charge >= 0.3 is 6.18 Å². The lowest BCUT2D eigenvalue weighted by Crippen LogP contribution is -2.43. The Hall–Kier alpha value is -1.39. The van der Waals surface area contributed by atoms with Crippen LogP contribution in [0.5, 0.6) is 0 Å². The van der Waals surface area contributed by atoms with Gasteiger partial charge in [0, 0.05) is 12.5 Å². The molecule has 1 aromatic rings. The molecule has 1 saturated heterocycles. The fraction of sp³-hybridized carbons (Fsp3) is 0.562. The third-order valence-electron chi connectivity index (χ3n) is 5.11. The van der Waals surface area contributed by atoms with E-state index in [4.69, 9.17) is 0 Å². The first-order chi connectivity index (χ1) is 12.2. The van der Waals surface area contributed by atoms with E-state index in [9.17, 15) is 26.0 Å². The second kappa shape index (κ2) is 6.89. The van der Waals surface area contributed by atoms with Crippen molar-refractivity contribution < 1.29 is 26.0 Å². The van der Waals surface area contributed by atoms with Crippen LogP contribution < -0.4 is 10.6 Å². The number of benzene rings is 1. The quantitative estimate of drug-likeness (QED) is 0.709. The second-order valence-corrected chi connectivity index (χ2v) is 8.54. The van der Waals surface area contributed by atoms with Crippen molar-refractivity contribution in [3.05, 3.63) is 23.5 Å². The Morgan fingerprint density at radius 1 is 1.15 bits per heavy atom. The number of rotatable bonds is 2. The zero-order valence-corrected chi connectivity index (χ0v) is 15.6. The lowest BCUT2D eigenvalue weighted by molar-refractivity contribution is -0.183. The highest BCUT2D eigenvalue weighted by Gasteiger charge is 2.47. The van der Waals surface area contributed by atoms with Gasteiger partial charge in [-0.15, -0.1) is 16.8 Å². The molecule has 0 radical (unpaired) electrons. The summed E-state index contributed by atoms with van der Waals surface area (Å²) in [6.07, 6.45) is -2.80. The number of amidine groups is 1. The molecule has 0 spiro atoms. The maximum Gasteiger partial charge on any atom is 0.393 e. The Kier molecular flexibility index (Phi) is 5.19. The number of piperidine rings is 1. The van der Waals surface area contributed by atoms with Crippen molar-refractivity contribution in [3.63, 3.8) is 0 Å². The van der Waals surface area contributed by atoms with Crippen LogP contribution in [-0.2, 0) is 10.0 Å². The maximum atomic E-state index is 14.1. The Morgan fingerprint density at radius 2 is 1.85 bits per heavy atom. The van der Waals surface area contributed by atoms with Gasteiger partial charge < -0.3 is 10.6 Å². The van der Waals surface area contributed by atoms with Gasteiger partial charge in [-0.2, -0.15) is 21.6 Å². The summed E-state index contributed by atoms with van der Waals surface area (Å²) in [6, 6.07) is 1.84. The molecule has 150 valence electrons. The van der Waals surface area contributed by atoms with Gasteiger partial charge in [-0.05, 0) is 49.4 Å². The number of alkyl halides is 3. The van der Waals surface area contributed by atoms with Gasteiger partial charge in [-0.1, -0.05) is 0 Å². The molecule has 1 aromatic carbocycles. The van der Waals surface area contributed by atoms with Crippen molar-refractivity contribution in [1.29, 1.82) is 0 Å². The Balaban J connectivity index is 0.00000210. The third kappa shape index (κ3) is 3.79. The first-order valence-corrected chi connectivity index (χ1v) is 9.83. The lowest BCUT2D eigenvalue weighted by Gasteiger charge is -2.35. The average molecular weight is 428 g/mol. The number of hydrogen-bond acceptors (Lipinski definition) is 4. The lowest BCUT2D eigenvalue weighted by atomic mass is 9.80. The van der Waals surface area contributed by atoms with Gasteiger partial charge in [0.2, 0.25) is 0 Å². The van der Waals surface area contributed by atoms with Crippen LogP contribution in [0.15, 0.2) is 21.4 Å². The van der Waals surface area contributed by atoms with E-state index in [-0.39, 0.29) is 48.4 Å². The van der Waals surface area contributed by atoms with Gasteiger partial charge in [0.05, 0.1) is 11.6 Å². The first-order valence-electron chi connectivity index (χ1n) is 8.39.